The summed E-state index contributed by atoms with van der Waals surface area (Å²) in [4.78, 5) is 0. The molecule has 0 amide bonds. The maximum absolute atomic E-state index is 9.60. The first-order chi connectivity index (χ1) is 10.6. The van der Waals surface area contributed by atoms with Crippen molar-refractivity contribution in [1.82, 2.24) is 0 Å². The van der Waals surface area contributed by atoms with Crippen LogP contribution in [0.2, 0.25) is 5.02 Å². The van der Waals surface area contributed by atoms with E-state index in [1.54, 1.807) is 32.4 Å². The van der Waals surface area contributed by atoms with E-state index in [9.17, 15) is 5.26 Å². The third kappa shape index (κ3) is 3.52. The first-order valence-corrected chi connectivity index (χ1v) is 7.33. The zero-order chi connectivity index (χ0) is 16.1. The summed E-state index contributed by atoms with van der Waals surface area (Å²) in [7, 11) is 3.23. The van der Waals surface area contributed by atoms with Crippen LogP contribution in [0, 0.1) is 18.3 Å². The monoisotopic (exact) mass is 315 g/mol. The maximum Gasteiger partial charge on any atom is 0.123 e. The second kappa shape index (κ2) is 7.20. The van der Waals surface area contributed by atoms with Gasteiger partial charge in [-0.1, -0.05) is 29.3 Å². The molecule has 0 aliphatic rings. The topological polar surface area (TPSA) is 42.2 Å². The average molecular weight is 316 g/mol. The van der Waals surface area contributed by atoms with Crippen molar-refractivity contribution in [3.8, 4) is 17.6 Å². The second-order valence-corrected chi connectivity index (χ2v) is 5.52. The molecule has 0 saturated carbocycles. The van der Waals surface area contributed by atoms with Crippen molar-refractivity contribution in [3.05, 3.63) is 58.1 Å². The highest BCUT2D eigenvalue weighted by Gasteiger charge is 2.19. The summed E-state index contributed by atoms with van der Waals surface area (Å²) in [6.45, 7) is 2.02. The van der Waals surface area contributed by atoms with Crippen LogP contribution in [0.5, 0.6) is 11.5 Å². The van der Waals surface area contributed by atoms with E-state index in [1.165, 1.54) is 0 Å². The SMILES string of the molecule is COc1ccc(C)cc1CC(C#N)c1cc(Cl)ccc1OC. The first kappa shape index (κ1) is 16.2. The van der Waals surface area contributed by atoms with Crippen LogP contribution in [-0.2, 0) is 6.42 Å². The molecular weight excluding hydrogens is 298 g/mol. The van der Waals surface area contributed by atoms with Gasteiger partial charge >= 0.3 is 0 Å². The van der Waals surface area contributed by atoms with Crippen molar-refractivity contribution < 1.29 is 9.47 Å². The predicted molar refractivity (Wildman–Crippen MR) is 87.8 cm³/mol. The molecule has 0 saturated heterocycles. The molecule has 0 spiro atoms. The molecule has 0 aliphatic carbocycles. The van der Waals surface area contributed by atoms with E-state index >= 15 is 0 Å². The highest BCUT2D eigenvalue weighted by atomic mass is 35.5. The third-order valence-electron chi connectivity index (χ3n) is 3.58. The molecule has 0 heterocycles. The number of hydrogen-bond acceptors (Lipinski definition) is 3. The van der Waals surface area contributed by atoms with Gasteiger partial charge in [-0.2, -0.15) is 5.26 Å². The summed E-state index contributed by atoms with van der Waals surface area (Å²) in [5, 5.41) is 10.2. The zero-order valence-corrected chi connectivity index (χ0v) is 13.6. The predicted octanol–water partition coefficient (Wildman–Crippen LogP) is 4.52. The number of halogens is 1. The molecule has 1 unspecified atom stereocenters. The minimum absolute atomic E-state index is 0.357. The Hall–Kier alpha value is -2.18. The number of rotatable bonds is 5. The number of hydrogen-bond donors (Lipinski definition) is 0. The lowest BCUT2D eigenvalue weighted by Crippen LogP contribution is -2.05. The van der Waals surface area contributed by atoms with Gasteiger partial charge in [0.05, 0.1) is 26.2 Å². The number of aryl methyl sites for hydroxylation is 1. The Bertz CT molecular complexity index is 707. The van der Waals surface area contributed by atoms with Crippen molar-refractivity contribution in [2.24, 2.45) is 0 Å². The Kier molecular flexibility index (Phi) is 5.30. The molecule has 0 fully saturated rings. The molecule has 22 heavy (non-hydrogen) atoms. The Morgan fingerprint density at radius 1 is 1.09 bits per heavy atom. The third-order valence-corrected chi connectivity index (χ3v) is 3.82. The Labute approximate surface area is 136 Å². The summed E-state index contributed by atoms with van der Waals surface area (Å²) in [5.41, 5.74) is 2.92. The van der Waals surface area contributed by atoms with Crippen LogP contribution in [0.4, 0.5) is 0 Å². The van der Waals surface area contributed by atoms with Gasteiger partial charge in [0.15, 0.2) is 0 Å². The van der Waals surface area contributed by atoms with Crippen LogP contribution >= 0.6 is 11.6 Å². The molecular formula is C18H18ClNO2. The number of nitrogens with zero attached hydrogens (tertiary/aromatic N) is 1. The lowest BCUT2D eigenvalue weighted by molar-refractivity contribution is 0.404. The van der Waals surface area contributed by atoms with Crippen molar-refractivity contribution in [2.45, 2.75) is 19.3 Å². The van der Waals surface area contributed by atoms with Crippen molar-refractivity contribution in [1.29, 1.82) is 5.26 Å². The molecule has 0 aliphatic heterocycles. The van der Waals surface area contributed by atoms with Crippen molar-refractivity contribution >= 4 is 11.6 Å². The van der Waals surface area contributed by atoms with E-state index in [0.717, 1.165) is 22.4 Å². The van der Waals surface area contributed by atoms with Crippen LogP contribution in [-0.4, -0.2) is 14.2 Å². The molecule has 0 aromatic heterocycles. The van der Waals surface area contributed by atoms with Crippen LogP contribution in [0.1, 0.15) is 22.6 Å². The van der Waals surface area contributed by atoms with Gasteiger partial charge in [0.25, 0.3) is 0 Å². The summed E-state index contributed by atoms with van der Waals surface area (Å²) in [6.07, 6.45) is 0.540. The Morgan fingerprint density at radius 3 is 2.41 bits per heavy atom. The molecule has 4 heteroatoms. The van der Waals surface area contributed by atoms with Crippen molar-refractivity contribution in [2.75, 3.05) is 14.2 Å². The molecule has 114 valence electrons. The maximum atomic E-state index is 9.60. The quantitative estimate of drug-likeness (QED) is 0.815. The van der Waals surface area contributed by atoms with Crippen LogP contribution in [0.3, 0.4) is 0 Å². The Balaban J connectivity index is 2.41. The fourth-order valence-corrected chi connectivity index (χ4v) is 2.67. The molecule has 2 aromatic rings. The van der Waals surface area contributed by atoms with E-state index in [0.29, 0.717) is 17.2 Å². The number of ether oxygens (including phenoxy) is 2. The lowest BCUT2D eigenvalue weighted by Gasteiger charge is -2.16. The Morgan fingerprint density at radius 2 is 1.77 bits per heavy atom. The van der Waals surface area contributed by atoms with E-state index < -0.39 is 0 Å². The van der Waals surface area contributed by atoms with Gasteiger partial charge in [-0.3, -0.25) is 0 Å². The minimum atomic E-state index is -0.357. The highest BCUT2D eigenvalue weighted by molar-refractivity contribution is 6.30. The summed E-state index contributed by atoms with van der Waals surface area (Å²) in [6, 6.07) is 13.6. The van der Waals surface area contributed by atoms with Gasteiger partial charge in [0.2, 0.25) is 0 Å². The van der Waals surface area contributed by atoms with Crippen molar-refractivity contribution in [3.63, 3.8) is 0 Å². The fraction of sp³-hybridized carbons (Fsp3) is 0.278. The van der Waals surface area contributed by atoms with Gasteiger partial charge < -0.3 is 9.47 Å². The summed E-state index contributed by atoms with van der Waals surface area (Å²) < 4.78 is 10.8. The molecule has 2 rings (SSSR count). The smallest absolute Gasteiger partial charge is 0.123 e. The fourth-order valence-electron chi connectivity index (χ4n) is 2.49. The lowest BCUT2D eigenvalue weighted by atomic mass is 9.91. The van der Waals surface area contributed by atoms with Gasteiger partial charge in [0.1, 0.15) is 11.5 Å². The molecule has 0 N–H and O–H groups in total. The number of methoxy groups -OCH3 is 2. The van der Waals surface area contributed by atoms with Gasteiger partial charge in [-0.05, 0) is 43.2 Å². The van der Waals surface area contributed by atoms with Crippen LogP contribution in [0.25, 0.3) is 0 Å². The van der Waals surface area contributed by atoms with Gasteiger partial charge in [-0.25, -0.2) is 0 Å². The van der Waals surface area contributed by atoms with E-state index in [4.69, 9.17) is 21.1 Å². The first-order valence-electron chi connectivity index (χ1n) is 6.95. The van der Waals surface area contributed by atoms with Crippen LogP contribution in [0.15, 0.2) is 36.4 Å². The second-order valence-electron chi connectivity index (χ2n) is 5.09. The molecule has 0 radical (unpaired) electrons. The number of nitriles is 1. The average Bonchev–Trinajstić information content (AvgIpc) is 2.52. The van der Waals surface area contributed by atoms with Crippen LogP contribution < -0.4 is 9.47 Å². The molecule has 2 aromatic carbocycles. The van der Waals surface area contributed by atoms with Gasteiger partial charge in [0, 0.05) is 10.6 Å². The normalized spacial score (nSPS) is 11.6. The zero-order valence-electron chi connectivity index (χ0n) is 12.9. The summed E-state index contributed by atoms with van der Waals surface area (Å²) >= 11 is 6.07. The molecule has 3 nitrogen and oxygen atoms in total. The molecule has 1 atom stereocenters. The van der Waals surface area contributed by atoms with Gasteiger partial charge in [-0.15, -0.1) is 0 Å². The highest BCUT2D eigenvalue weighted by Crippen LogP contribution is 2.33. The molecule has 0 bridgehead atoms. The van der Waals surface area contributed by atoms with E-state index in [1.807, 2.05) is 25.1 Å². The standard InChI is InChI=1S/C18H18ClNO2/c1-12-4-6-17(21-2)13(8-12)9-14(11-20)16-10-15(19)5-7-18(16)22-3/h4-8,10,14H,9H2,1-3H3. The summed E-state index contributed by atoms with van der Waals surface area (Å²) in [5.74, 6) is 1.10. The largest absolute Gasteiger partial charge is 0.496 e. The minimum Gasteiger partial charge on any atom is -0.496 e. The van der Waals surface area contributed by atoms with E-state index in [2.05, 4.69) is 6.07 Å². The number of benzene rings is 2. The van der Waals surface area contributed by atoms with E-state index in [-0.39, 0.29) is 5.92 Å².